The van der Waals surface area contributed by atoms with Crippen molar-refractivity contribution in [3.63, 3.8) is 0 Å². The fourth-order valence-corrected chi connectivity index (χ4v) is 4.37. The van der Waals surface area contributed by atoms with Gasteiger partial charge in [-0.25, -0.2) is 0 Å². The lowest BCUT2D eigenvalue weighted by Gasteiger charge is -2.43. The van der Waals surface area contributed by atoms with Crippen molar-refractivity contribution < 1.29 is 0 Å². The van der Waals surface area contributed by atoms with Crippen molar-refractivity contribution in [1.29, 1.82) is 0 Å². The van der Waals surface area contributed by atoms with Gasteiger partial charge in [-0.1, -0.05) is 13.8 Å². The van der Waals surface area contributed by atoms with Gasteiger partial charge in [0, 0.05) is 36.3 Å². The molecule has 1 aromatic rings. The van der Waals surface area contributed by atoms with Gasteiger partial charge in [-0.3, -0.25) is 9.88 Å². The molecule has 1 aromatic heterocycles. The Hall–Kier alpha value is -0.580. The first-order valence-electron chi connectivity index (χ1n) is 6.68. The quantitative estimate of drug-likeness (QED) is 0.885. The minimum Gasteiger partial charge on any atom is -0.329 e. The van der Waals surface area contributed by atoms with E-state index in [4.69, 9.17) is 5.73 Å². The number of nitrogens with two attached hydrogens (primary N) is 1. The third-order valence-corrected chi connectivity index (χ3v) is 5.53. The van der Waals surface area contributed by atoms with Crippen LogP contribution in [0.3, 0.4) is 0 Å². The Labute approximate surface area is 114 Å². The first-order chi connectivity index (χ1) is 8.73. The normalized spacial score (nSPS) is 27.9. The van der Waals surface area contributed by atoms with E-state index in [9.17, 15) is 0 Å². The molecule has 0 spiro atoms. The van der Waals surface area contributed by atoms with Crippen LogP contribution in [0.1, 0.15) is 25.8 Å². The molecule has 2 N–H and O–H groups in total. The molecule has 2 unspecified atom stereocenters. The van der Waals surface area contributed by atoms with E-state index in [-0.39, 0.29) is 5.54 Å². The summed E-state index contributed by atoms with van der Waals surface area (Å²) in [6, 6.07) is 4.19. The van der Waals surface area contributed by atoms with Crippen LogP contribution in [0.4, 0.5) is 0 Å². The number of thioether (sulfide) groups is 1. The van der Waals surface area contributed by atoms with E-state index in [0.717, 1.165) is 19.6 Å². The maximum absolute atomic E-state index is 6.12. The molecule has 3 nitrogen and oxygen atoms in total. The van der Waals surface area contributed by atoms with Gasteiger partial charge >= 0.3 is 0 Å². The summed E-state index contributed by atoms with van der Waals surface area (Å²) in [6.45, 7) is 7.32. The third-order valence-electron chi connectivity index (χ3n) is 4.15. The lowest BCUT2D eigenvalue weighted by atomic mass is 9.90. The van der Waals surface area contributed by atoms with Gasteiger partial charge in [0.25, 0.3) is 0 Å². The average Bonchev–Trinajstić information content (AvgIpc) is 2.79. The van der Waals surface area contributed by atoms with Crippen LogP contribution in [0, 0.1) is 0 Å². The molecule has 18 heavy (non-hydrogen) atoms. The van der Waals surface area contributed by atoms with Gasteiger partial charge in [0.15, 0.2) is 0 Å². The summed E-state index contributed by atoms with van der Waals surface area (Å²) < 4.78 is 0. The van der Waals surface area contributed by atoms with Crippen LogP contribution in [-0.2, 0) is 6.54 Å². The van der Waals surface area contributed by atoms with E-state index >= 15 is 0 Å². The summed E-state index contributed by atoms with van der Waals surface area (Å²) >= 11 is 2.05. The van der Waals surface area contributed by atoms with E-state index < -0.39 is 0 Å². The molecule has 1 saturated heterocycles. The maximum atomic E-state index is 6.12. The van der Waals surface area contributed by atoms with E-state index in [0.29, 0.717) is 5.25 Å². The number of pyridine rings is 1. The zero-order valence-electron chi connectivity index (χ0n) is 11.3. The Bertz CT molecular complexity index is 371. The van der Waals surface area contributed by atoms with Gasteiger partial charge in [0.1, 0.15) is 0 Å². The van der Waals surface area contributed by atoms with Crippen LogP contribution in [0.25, 0.3) is 0 Å². The molecule has 0 amide bonds. The van der Waals surface area contributed by atoms with Gasteiger partial charge in [-0.2, -0.15) is 11.8 Å². The second-order valence-electron chi connectivity index (χ2n) is 4.94. The van der Waals surface area contributed by atoms with Crippen LogP contribution < -0.4 is 5.73 Å². The third kappa shape index (κ3) is 2.56. The highest BCUT2D eigenvalue weighted by atomic mass is 32.2. The Morgan fingerprint density at radius 2 is 2.22 bits per heavy atom. The molecule has 0 radical (unpaired) electrons. The molecule has 2 atom stereocenters. The van der Waals surface area contributed by atoms with Crippen molar-refractivity contribution in [2.24, 2.45) is 5.73 Å². The van der Waals surface area contributed by atoms with Crippen molar-refractivity contribution in [3.8, 4) is 0 Å². The van der Waals surface area contributed by atoms with E-state index in [1.54, 1.807) is 0 Å². The molecule has 100 valence electrons. The van der Waals surface area contributed by atoms with Crippen molar-refractivity contribution in [2.75, 3.05) is 18.8 Å². The number of likely N-dealkylation sites (N-methyl/N-ethyl adjacent to an activating group) is 1. The summed E-state index contributed by atoms with van der Waals surface area (Å²) in [6.07, 6.45) is 4.94. The second kappa shape index (κ2) is 6.04. The van der Waals surface area contributed by atoms with Gasteiger partial charge in [0.05, 0.1) is 0 Å². The molecule has 1 aliphatic heterocycles. The van der Waals surface area contributed by atoms with Gasteiger partial charge in [-0.05, 0) is 36.4 Å². The monoisotopic (exact) mass is 265 g/mol. The zero-order valence-corrected chi connectivity index (χ0v) is 12.1. The molecular weight excluding hydrogens is 242 g/mol. The van der Waals surface area contributed by atoms with Crippen LogP contribution in [-0.4, -0.2) is 39.5 Å². The van der Waals surface area contributed by atoms with Crippen LogP contribution in [0.2, 0.25) is 0 Å². The fraction of sp³-hybridized carbons (Fsp3) is 0.643. The largest absolute Gasteiger partial charge is 0.329 e. The van der Waals surface area contributed by atoms with E-state index in [1.165, 1.54) is 17.7 Å². The molecule has 1 fully saturated rings. The molecule has 4 heteroatoms. The number of hydrogen-bond acceptors (Lipinski definition) is 4. The standard InChI is InChI=1S/C14H23N3S/c1-3-17(10-13-4-7-16-8-5-13)14(11-15)6-9-18-12(14)2/h4-5,7-8,12H,3,6,9-11,15H2,1-2H3. The topological polar surface area (TPSA) is 42.2 Å². The lowest BCUT2D eigenvalue weighted by Crippen LogP contribution is -2.57. The smallest absolute Gasteiger partial charge is 0.0458 e. The SMILES string of the molecule is CCN(Cc1ccncc1)C1(CN)CCSC1C. The minimum atomic E-state index is 0.169. The maximum Gasteiger partial charge on any atom is 0.0458 e. The highest BCUT2D eigenvalue weighted by molar-refractivity contribution is 8.00. The summed E-state index contributed by atoms with van der Waals surface area (Å²) in [4.78, 5) is 6.63. The first kappa shape index (κ1) is 13.8. The Balaban J connectivity index is 2.17. The fourth-order valence-electron chi connectivity index (χ4n) is 2.88. The average molecular weight is 265 g/mol. The zero-order chi connectivity index (χ0) is 13.0. The summed E-state index contributed by atoms with van der Waals surface area (Å²) in [5, 5.41) is 0.615. The highest BCUT2D eigenvalue weighted by Crippen LogP contribution is 2.40. The summed E-state index contributed by atoms with van der Waals surface area (Å²) in [7, 11) is 0. The Kier molecular flexibility index (Phi) is 4.65. The minimum absolute atomic E-state index is 0.169. The molecule has 1 aliphatic rings. The molecular formula is C14H23N3S. The van der Waals surface area contributed by atoms with Crippen molar-refractivity contribution in [2.45, 2.75) is 37.6 Å². The number of nitrogens with zero attached hydrogens (tertiary/aromatic N) is 2. The Morgan fingerprint density at radius 3 is 2.72 bits per heavy atom. The van der Waals surface area contributed by atoms with Crippen molar-refractivity contribution in [1.82, 2.24) is 9.88 Å². The first-order valence-corrected chi connectivity index (χ1v) is 7.73. The summed E-state index contributed by atoms with van der Waals surface area (Å²) in [5.74, 6) is 1.23. The van der Waals surface area contributed by atoms with E-state index in [2.05, 4.69) is 35.9 Å². The Morgan fingerprint density at radius 1 is 1.50 bits per heavy atom. The van der Waals surface area contributed by atoms with Crippen LogP contribution in [0.15, 0.2) is 24.5 Å². The number of hydrogen-bond donors (Lipinski definition) is 1. The van der Waals surface area contributed by atoms with E-state index in [1.807, 2.05) is 24.2 Å². The number of aromatic nitrogens is 1. The van der Waals surface area contributed by atoms with Crippen molar-refractivity contribution in [3.05, 3.63) is 30.1 Å². The predicted molar refractivity (Wildman–Crippen MR) is 78.6 cm³/mol. The highest BCUT2D eigenvalue weighted by Gasteiger charge is 2.43. The molecule has 0 saturated carbocycles. The number of rotatable bonds is 5. The molecule has 0 bridgehead atoms. The molecule has 2 rings (SSSR count). The van der Waals surface area contributed by atoms with Crippen LogP contribution >= 0.6 is 11.8 Å². The molecule has 0 aromatic carbocycles. The van der Waals surface area contributed by atoms with Gasteiger partial charge in [0.2, 0.25) is 0 Å². The predicted octanol–water partition coefficient (Wildman–Crippen LogP) is 2.13. The lowest BCUT2D eigenvalue weighted by molar-refractivity contribution is 0.0952. The molecule has 2 heterocycles. The second-order valence-corrected chi connectivity index (χ2v) is 6.39. The van der Waals surface area contributed by atoms with Crippen LogP contribution in [0.5, 0.6) is 0 Å². The van der Waals surface area contributed by atoms with Crippen molar-refractivity contribution >= 4 is 11.8 Å². The summed E-state index contributed by atoms with van der Waals surface area (Å²) in [5.41, 5.74) is 7.61. The molecule has 0 aliphatic carbocycles. The van der Waals surface area contributed by atoms with Gasteiger partial charge < -0.3 is 5.73 Å². The van der Waals surface area contributed by atoms with Gasteiger partial charge in [-0.15, -0.1) is 0 Å².